The first kappa shape index (κ1) is 22.3. The molecule has 0 aliphatic heterocycles. The fourth-order valence-corrected chi connectivity index (χ4v) is 3.79. The number of hydrogen-bond acceptors (Lipinski definition) is 4. The van der Waals surface area contributed by atoms with Gasteiger partial charge in [-0.25, -0.2) is 4.79 Å². The van der Waals surface area contributed by atoms with E-state index in [-0.39, 0.29) is 23.8 Å². The van der Waals surface area contributed by atoms with Crippen LogP contribution in [0.5, 0.6) is 0 Å². The summed E-state index contributed by atoms with van der Waals surface area (Å²) in [4.78, 5) is 37.1. The van der Waals surface area contributed by atoms with Gasteiger partial charge in [-0.15, -0.1) is 0 Å². The molecule has 0 spiro atoms. The molecule has 31 heavy (non-hydrogen) atoms. The minimum atomic E-state index is -0.820. The molecule has 1 fully saturated rings. The lowest BCUT2D eigenvalue weighted by Crippen LogP contribution is -2.42. The lowest BCUT2D eigenvalue weighted by molar-refractivity contribution is -0.146. The van der Waals surface area contributed by atoms with E-state index in [2.05, 4.69) is 10.6 Å². The van der Waals surface area contributed by atoms with E-state index in [4.69, 9.17) is 4.74 Å². The Morgan fingerprint density at radius 2 is 1.55 bits per heavy atom. The van der Waals surface area contributed by atoms with E-state index in [0.717, 1.165) is 18.4 Å². The molecule has 1 saturated carbocycles. The lowest BCUT2D eigenvalue weighted by Gasteiger charge is -2.29. The molecule has 0 heterocycles. The number of nitrogens with one attached hydrogen (secondary N) is 2. The van der Waals surface area contributed by atoms with Crippen LogP contribution >= 0.6 is 0 Å². The molecule has 3 rings (SSSR count). The Morgan fingerprint density at radius 3 is 2.16 bits per heavy atom. The van der Waals surface area contributed by atoms with E-state index in [1.165, 1.54) is 13.2 Å². The molecule has 2 N–H and O–H groups in total. The maximum absolute atomic E-state index is 12.8. The third-order valence-corrected chi connectivity index (χ3v) is 5.53. The first-order chi connectivity index (χ1) is 15.1. The summed E-state index contributed by atoms with van der Waals surface area (Å²) >= 11 is 0. The van der Waals surface area contributed by atoms with Gasteiger partial charge in [0.15, 0.2) is 6.04 Å². The summed E-state index contributed by atoms with van der Waals surface area (Å²) in [5.41, 5.74) is 1.66. The minimum Gasteiger partial charge on any atom is -0.467 e. The van der Waals surface area contributed by atoms with Gasteiger partial charge in [-0.2, -0.15) is 0 Å². The molecule has 0 aromatic heterocycles. The van der Waals surface area contributed by atoms with Crippen LogP contribution in [-0.4, -0.2) is 30.9 Å². The van der Waals surface area contributed by atoms with Gasteiger partial charge in [-0.1, -0.05) is 60.7 Å². The van der Waals surface area contributed by atoms with E-state index in [1.54, 1.807) is 18.2 Å². The topological polar surface area (TPSA) is 84.5 Å². The highest BCUT2D eigenvalue weighted by Gasteiger charge is 2.30. The van der Waals surface area contributed by atoms with Crippen molar-refractivity contribution in [3.63, 3.8) is 0 Å². The summed E-state index contributed by atoms with van der Waals surface area (Å²) < 4.78 is 4.86. The molecule has 1 aliphatic rings. The van der Waals surface area contributed by atoms with Crippen LogP contribution < -0.4 is 10.6 Å². The van der Waals surface area contributed by atoms with E-state index < -0.39 is 12.0 Å². The van der Waals surface area contributed by atoms with Gasteiger partial charge in [0.2, 0.25) is 11.8 Å². The van der Waals surface area contributed by atoms with Crippen molar-refractivity contribution in [2.24, 2.45) is 5.92 Å². The van der Waals surface area contributed by atoms with Crippen LogP contribution in [0.15, 0.2) is 66.7 Å². The third kappa shape index (κ3) is 6.54. The Hall–Kier alpha value is -3.41. The highest BCUT2D eigenvalue weighted by atomic mass is 16.5. The van der Waals surface area contributed by atoms with Crippen LogP contribution in [-0.2, 0) is 19.1 Å². The Labute approximate surface area is 182 Å². The van der Waals surface area contributed by atoms with E-state index in [9.17, 15) is 14.4 Å². The summed E-state index contributed by atoms with van der Waals surface area (Å²) in [5.74, 6) is -0.978. The van der Waals surface area contributed by atoms with Crippen LogP contribution in [0.3, 0.4) is 0 Å². The maximum Gasteiger partial charge on any atom is 0.333 e. The summed E-state index contributed by atoms with van der Waals surface area (Å²) in [7, 11) is 1.31. The zero-order valence-electron chi connectivity index (χ0n) is 17.6. The normalized spacial score (nSPS) is 19.4. The molecule has 1 aliphatic carbocycles. The average Bonchev–Trinajstić information content (AvgIpc) is 2.82. The van der Waals surface area contributed by atoms with Crippen molar-refractivity contribution in [1.29, 1.82) is 0 Å². The number of carbonyl (C=O) groups is 3. The van der Waals surface area contributed by atoms with Crippen molar-refractivity contribution in [2.75, 3.05) is 7.11 Å². The highest BCUT2D eigenvalue weighted by Crippen LogP contribution is 2.26. The van der Waals surface area contributed by atoms with Gasteiger partial charge in [0.1, 0.15) is 0 Å². The Morgan fingerprint density at radius 1 is 0.935 bits per heavy atom. The number of amides is 2. The molecule has 6 heteroatoms. The minimum absolute atomic E-state index is 0.0440. The first-order valence-electron chi connectivity index (χ1n) is 10.5. The van der Waals surface area contributed by atoms with E-state index >= 15 is 0 Å². The van der Waals surface area contributed by atoms with Crippen LogP contribution in [0.1, 0.15) is 42.9 Å². The predicted molar refractivity (Wildman–Crippen MR) is 119 cm³/mol. The second-order valence-electron chi connectivity index (χ2n) is 7.68. The van der Waals surface area contributed by atoms with Crippen LogP contribution in [0.2, 0.25) is 0 Å². The largest absolute Gasteiger partial charge is 0.467 e. The number of methoxy groups -OCH3 is 1. The smallest absolute Gasteiger partial charge is 0.333 e. The number of benzene rings is 2. The van der Waals surface area contributed by atoms with Gasteiger partial charge in [-0.3, -0.25) is 9.59 Å². The second kappa shape index (κ2) is 11.1. The van der Waals surface area contributed by atoms with Crippen LogP contribution in [0, 0.1) is 5.92 Å². The highest BCUT2D eigenvalue weighted by molar-refractivity contribution is 5.92. The Bertz CT molecular complexity index is 904. The second-order valence-corrected chi connectivity index (χ2v) is 7.68. The molecule has 0 unspecified atom stereocenters. The number of carbonyl (C=O) groups excluding carboxylic acids is 3. The number of hydrogen-bond donors (Lipinski definition) is 2. The fourth-order valence-electron chi connectivity index (χ4n) is 3.79. The van der Waals surface area contributed by atoms with Crippen molar-refractivity contribution in [3.05, 3.63) is 77.9 Å². The number of ether oxygens (including phenoxy) is 1. The van der Waals surface area contributed by atoms with Gasteiger partial charge >= 0.3 is 5.97 Å². The third-order valence-electron chi connectivity index (χ3n) is 5.53. The summed E-state index contributed by atoms with van der Waals surface area (Å²) in [6.45, 7) is 0. The molecule has 0 bridgehead atoms. The zero-order chi connectivity index (χ0) is 22.1. The SMILES string of the molecule is COC(=O)[C@@H](NC(=O)C1CCC(NC(=O)/C=C/c2ccccc2)CC1)c1ccccc1. The Balaban J connectivity index is 1.49. The van der Waals surface area contributed by atoms with Crippen molar-refractivity contribution in [1.82, 2.24) is 10.6 Å². The molecule has 2 aromatic rings. The first-order valence-corrected chi connectivity index (χ1v) is 10.5. The van der Waals surface area contributed by atoms with Gasteiger partial charge in [-0.05, 0) is 42.9 Å². The zero-order valence-corrected chi connectivity index (χ0v) is 17.6. The van der Waals surface area contributed by atoms with E-state index in [1.807, 2.05) is 48.5 Å². The Kier molecular flexibility index (Phi) is 7.98. The summed E-state index contributed by atoms with van der Waals surface area (Å²) in [5, 5.41) is 5.85. The summed E-state index contributed by atoms with van der Waals surface area (Å²) in [6, 6.07) is 17.9. The average molecular weight is 421 g/mol. The quantitative estimate of drug-likeness (QED) is 0.531. The van der Waals surface area contributed by atoms with Crippen LogP contribution in [0.25, 0.3) is 6.08 Å². The molecular weight excluding hydrogens is 392 g/mol. The molecule has 6 nitrogen and oxygen atoms in total. The van der Waals surface area contributed by atoms with Crippen molar-refractivity contribution < 1.29 is 19.1 Å². The summed E-state index contributed by atoms with van der Waals surface area (Å²) in [6.07, 6.45) is 6.07. The molecule has 1 atom stereocenters. The van der Waals surface area contributed by atoms with E-state index in [0.29, 0.717) is 18.4 Å². The molecule has 2 amide bonds. The molecule has 162 valence electrons. The van der Waals surface area contributed by atoms with Gasteiger partial charge in [0.05, 0.1) is 7.11 Å². The van der Waals surface area contributed by atoms with Crippen molar-refractivity contribution in [3.8, 4) is 0 Å². The number of rotatable bonds is 7. The van der Waals surface area contributed by atoms with Gasteiger partial charge in [0.25, 0.3) is 0 Å². The van der Waals surface area contributed by atoms with Crippen molar-refractivity contribution >= 4 is 23.9 Å². The predicted octanol–water partition coefficient (Wildman–Crippen LogP) is 3.41. The number of esters is 1. The maximum atomic E-state index is 12.8. The molecule has 0 radical (unpaired) electrons. The van der Waals surface area contributed by atoms with Crippen LogP contribution in [0.4, 0.5) is 0 Å². The standard InChI is InChI=1S/C25H28N2O4/c1-31-25(30)23(19-10-6-3-7-11-19)27-24(29)20-13-15-21(16-14-20)26-22(28)17-12-18-8-4-2-5-9-18/h2-12,17,20-21,23H,13-16H2,1H3,(H,26,28)(H,27,29)/b17-12+/t20?,21?,23-/m0/s1. The fraction of sp³-hybridized carbons (Fsp3) is 0.320. The lowest BCUT2D eigenvalue weighted by atomic mass is 9.85. The molecular formula is C25H28N2O4. The van der Waals surface area contributed by atoms with Gasteiger partial charge in [0, 0.05) is 18.0 Å². The molecule has 2 aromatic carbocycles. The molecule has 0 saturated heterocycles. The van der Waals surface area contributed by atoms with Crippen molar-refractivity contribution in [2.45, 2.75) is 37.8 Å². The van der Waals surface area contributed by atoms with Gasteiger partial charge < -0.3 is 15.4 Å². The monoisotopic (exact) mass is 420 g/mol.